The zero-order valence-corrected chi connectivity index (χ0v) is 12.4. The Labute approximate surface area is 127 Å². The molecule has 2 aromatic carbocycles. The van der Waals surface area contributed by atoms with Crippen molar-refractivity contribution in [2.75, 3.05) is 0 Å². The molecule has 3 rings (SSSR count). The molecule has 1 aliphatic rings. The van der Waals surface area contributed by atoms with Crippen LogP contribution < -0.4 is 0 Å². The quantitative estimate of drug-likeness (QED) is 0.661. The maximum absolute atomic E-state index is 2.25. The van der Waals surface area contributed by atoms with Crippen LogP contribution in [0.1, 0.15) is 30.9 Å². The van der Waals surface area contributed by atoms with Gasteiger partial charge >= 0.3 is 0 Å². The maximum Gasteiger partial charge on any atom is -0.00766 e. The molecule has 0 atom stereocenters. The maximum atomic E-state index is 2.25. The van der Waals surface area contributed by atoms with Gasteiger partial charge in [-0.25, -0.2) is 0 Å². The average molecular weight is 272 g/mol. The first-order valence-electron chi connectivity index (χ1n) is 7.60. The van der Waals surface area contributed by atoms with Crippen LogP contribution in [0.2, 0.25) is 0 Å². The van der Waals surface area contributed by atoms with Crippen LogP contribution in [-0.2, 0) is 0 Å². The van der Waals surface area contributed by atoms with Crippen LogP contribution >= 0.6 is 0 Å². The summed E-state index contributed by atoms with van der Waals surface area (Å²) in [5.41, 5.74) is 6.87. The number of rotatable bonds is 4. The highest BCUT2D eigenvalue weighted by molar-refractivity contribution is 5.84. The Morgan fingerprint density at radius 1 is 0.857 bits per heavy atom. The largest absolute Gasteiger partial charge is 0.0801 e. The van der Waals surface area contributed by atoms with Gasteiger partial charge in [-0.3, -0.25) is 0 Å². The lowest BCUT2D eigenvalue weighted by Gasteiger charge is -2.16. The second-order valence-corrected chi connectivity index (χ2v) is 5.26. The van der Waals surface area contributed by atoms with Gasteiger partial charge in [-0.1, -0.05) is 85.8 Å². The fourth-order valence-electron chi connectivity index (χ4n) is 2.96. The SMILES string of the molecule is CCC(C1=CC=CC1)=C(c1ccccc1)c1ccccc1. The van der Waals surface area contributed by atoms with Gasteiger partial charge in [0.2, 0.25) is 0 Å². The minimum absolute atomic E-state index is 1.05. The lowest BCUT2D eigenvalue weighted by Crippen LogP contribution is -1.96. The smallest absolute Gasteiger partial charge is 0.00766 e. The lowest BCUT2D eigenvalue weighted by atomic mass is 9.88. The van der Waals surface area contributed by atoms with Gasteiger partial charge in [-0.15, -0.1) is 0 Å². The highest BCUT2D eigenvalue weighted by atomic mass is 14.2. The van der Waals surface area contributed by atoms with Gasteiger partial charge < -0.3 is 0 Å². The minimum Gasteiger partial charge on any atom is -0.0801 e. The molecule has 0 nitrogen and oxygen atoms in total. The van der Waals surface area contributed by atoms with E-state index in [2.05, 4.69) is 85.8 Å². The van der Waals surface area contributed by atoms with Crippen molar-refractivity contribution in [2.45, 2.75) is 19.8 Å². The summed E-state index contributed by atoms with van der Waals surface area (Å²) in [7, 11) is 0. The molecule has 0 heterocycles. The molecule has 0 bridgehead atoms. The van der Waals surface area contributed by atoms with E-state index in [-0.39, 0.29) is 0 Å². The van der Waals surface area contributed by atoms with E-state index in [1.807, 2.05) is 0 Å². The van der Waals surface area contributed by atoms with E-state index in [4.69, 9.17) is 0 Å². The van der Waals surface area contributed by atoms with Gasteiger partial charge in [0, 0.05) is 0 Å². The van der Waals surface area contributed by atoms with E-state index < -0.39 is 0 Å². The number of hydrogen-bond donors (Lipinski definition) is 0. The van der Waals surface area contributed by atoms with Crippen LogP contribution in [-0.4, -0.2) is 0 Å². The van der Waals surface area contributed by atoms with Gasteiger partial charge in [0.05, 0.1) is 0 Å². The second kappa shape index (κ2) is 6.41. The molecule has 0 aliphatic heterocycles. The third-order valence-electron chi connectivity index (χ3n) is 3.94. The Balaban J connectivity index is 2.20. The Hall–Kier alpha value is -2.34. The van der Waals surface area contributed by atoms with Gasteiger partial charge in [0.15, 0.2) is 0 Å². The first-order chi connectivity index (χ1) is 10.4. The van der Waals surface area contributed by atoms with Crippen molar-refractivity contribution in [1.29, 1.82) is 0 Å². The summed E-state index contributed by atoms with van der Waals surface area (Å²) >= 11 is 0. The zero-order valence-electron chi connectivity index (χ0n) is 12.4. The van der Waals surface area contributed by atoms with Crippen molar-refractivity contribution in [3.05, 3.63) is 101 Å². The van der Waals surface area contributed by atoms with Gasteiger partial charge in [0.1, 0.15) is 0 Å². The van der Waals surface area contributed by atoms with Crippen LogP contribution in [0.3, 0.4) is 0 Å². The van der Waals surface area contributed by atoms with Crippen molar-refractivity contribution in [1.82, 2.24) is 0 Å². The fourth-order valence-corrected chi connectivity index (χ4v) is 2.96. The number of allylic oxidation sites excluding steroid dienone is 5. The van der Waals surface area contributed by atoms with E-state index in [0.717, 1.165) is 12.8 Å². The molecule has 0 saturated heterocycles. The number of benzene rings is 2. The van der Waals surface area contributed by atoms with Gasteiger partial charge in [0.25, 0.3) is 0 Å². The van der Waals surface area contributed by atoms with Crippen LogP contribution in [0.25, 0.3) is 5.57 Å². The van der Waals surface area contributed by atoms with Crippen molar-refractivity contribution in [3.63, 3.8) is 0 Å². The molecule has 1 aliphatic carbocycles. The van der Waals surface area contributed by atoms with E-state index in [9.17, 15) is 0 Å². The summed E-state index contributed by atoms with van der Waals surface area (Å²) in [6.45, 7) is 2.25. The first kappa shape index (κ1) is 13.6. The van der Waals surface area contributed by atoms with Gasteiger partial charge in [-0.05, 0) is 40.7 Å². The Morgan fingerprint density at radius 2 is 1.43 bits per heavy atom. The lowest BCUT2D eigenvalue weighted by molar-refractivity contribution is 1.08. The molecular formula is C21H20. The van der Waals surface area contributed by atoms with Crippen LogP contribution in [0.5, 0.6) is 0 Å². The Bertz CT molecular complexity index is 644. The molecule has 0 radical (unpaired) electrons. The molecule has 104 valence electrons. The number of hydrogen-bond acceptors (Lipinski definition) is 0. The second-order valence-electron chi connectivity index (χ2n) is 5.26. The third-order valence-corrected chi connectivity index (χ3v) is 3.94. The molecule has 0 heteroatoms. The molecular weight excluding hydrogens is 252 g/mol. The molecule has 0 saturated carbocycles. The predicted molar refractivity (Wildman–Crippen MR) is 91.0 cm³/mol. The Morgan fingerprint density at radius 3 is 1.86 bits per heavy atom. The summed E-state index contributed by atoms with van der Waals surface area (Å²) in [6, 6.07) is 21.5. The monoisotopic (exact) mass is 272 g/mol. The van der Waals surface area contributed by atoms with Gasteiger partial charge in [-0.2, -0.15) is 0 Å². The first-order valence-corrected chi connectivity index (χ1v) is 7.60. The highest BCUT2D eigenvalue weighted by Gasteiger charge is 2.14. The standard InChI is InChI=1S/C21H20/c1-2-20(17-11-9-10-12-17)21(18-13-5-3-6-14-18)19-15-7-4-8-16-19/h3-11,13-16H,2,12H2,1H3. The molecule has 0 aromatic heterocycles. The highest BCUT2D eigenvalue weighted by Crippen LogP contribution is 2.34. The summed E-state index contributed by atoms with van der Waals surface area (Å²) < 4.78 is 0. The topological polar surface area (TPSA) is 0 Å². The van der Waals surface area contributed by atoms with Crippen molar-refractivity contribution in [3.8, 4) is 0 Å². The van der Waals surface area contributed by atoms with E-state index in [1.54, 1.807) is 0 Å². The summed E-state index contributed by atoms with van der Waals surface area (Å²) in [5, 5.41) is 0. The summed E-state index contributed by atoms with van der Waals surface area (Å²) in [4.78, 5) is 0. The molecule has 0 N–H and O–H groups in total. The molecule has 0 fully saturated rings. The molecule has 0 amide bonds. The van der Waals surface area contributed by atoms with Crippen LogP contribution in [0.15, 0.2) is 90.0 Å². The predicted octanol–water partition coefficient (Wildman–Crippen LogP) is 5.78. The molecule has 0 unspecified atom stereocenters. The van der Waals surface area contributed by atoms with E-state index in [1.165, 1.54) is 27.8 Å². The van der Waals surface area contributed by atoms with Crippen molar-refractivity contribution < 1.29 is 0 Å². The van der Waals surface area contributed by atoms with E-state index in [0.29, 0.717) is 0 Å². The molecule has 2 aromatic rings. The molecule has 0 spiro atoms. The summed E-state index contributed by atoms with van der Waals surface area (Å²) in [6.07, 6.45) is 8.75. The normalized spacial score (nSPS) is 13.1. The minimum atomic E-state index is 1.05. The van der Waals surface area contributed by atoms with Crippen LogP contribution in [0, 0.1) is 0 Å². The third kappa shape index (κ3) is 2.90. The fraction of sp³-hybridized carbons (Fsp3) is 0.143. The van der Waals surface area contributed by atoms with Crippen LogP contribution in [0.4, 0.5) is 0 Å². The zero-order chi connectivity index (χ0) is 14.5. The average Bonchev–Trinajstić information content (AvgIpc) is 3.08. The van der Waals surface area contributed by atoms with E-state index >= 15 is 0 Å². The Kier molecular flexibility index (Phi) is 4.16. The summed E-state index contributed by atoms with van der Waals surface area (Å²) in [5.74, 6) is 0. The molecule has 21 heavy (non-hydrogen) atoms. The van der Waals surface area contributed by atoms with Crippen molar-refractivity contribution >= 4 is 5.57 Å². The van der Waals surface area contributed by atoms with Crippen molar-refractivity contribution in [2.24, 2.45) is 0 Å².